The molecule has 3 unspecified atom stereocenters. The number of hydrogen-bond acceptors (Lipinski definition) is 2. The molecule has 25 heavy (non-hydrogen) atoms. The van der Waals surface area contributed by atoms with Gasteiger partial charge in [-0.25, -0.2) is 0 Å². The molecular formula is C21H21BrN2O. The molecule has 1 aliphatic heterocycles. The van der Waals surface area contributed by atoms with E-state index in [2.05, 4.69) is 69.0 Å². The topological polar surface area (TPSA) is 41.1 Å². The van der Waals surface area contributed by atoms with Crippen LogP contribution in [0.15, 0.2) is 59.1 Å². The average Bonchev–Trinajstić information content (AvgIpc) is 3.11. The smallest absolute Gasteiger partial charge is 0.251 e. The molecular weight excluding hydrogens is 376 g/mol. The molecule has 1 amide bonds. The first-order chi connectivity index (χ1) is 12.2. The van der Waals surface area contributed by atoms with Crippen molar-refractivity contribution in [3.05, 3.63) is 75.8 Å². The van der Waals surface area contributed by atoms with Gasteiger partial charge in [0.2, 0.25) is 0 Å². The van der Waals surface area contributed by atoms with Gasteiger partial charge in [-0.15, -0.1) is 0 Å². The number of anilines is 1. The van der Waals surface area contributed by atoms with Gasteiger partial charge in [0.05, 0.1) is 6.04 Å². The number of hydrogen-bond donors (Lipinski definition) is 2. The summed E-state index contributed by atoms with van der Waals surface area (Å²) in [6.07, 6.45) is 5.64. The molecule has 2 N–H and O–H groups in total. The van der Waals surface area contributed by atoms with Crippen molar-refractivity contribution >= 4 is 27.5 Å². The Kier molecular flexibility index (Phi) is 4.38. The summed E-state index contributed by atoms with van der Waals surface area (Å²) >= 11 is 3.52. The van der Waals surface area contributed by atoms with Crippen LogP contribution in [0, 0.1) is 5.92 Å². The Morgan fingerprint density at radius 1 is 1.24 bits per heavy atom. The maximum atomic E-state index is 12.2. The average molecular weight is 397 g/mol. The van der Waals surface area contributed by atoms with Crippen LogP contribution in [-0.4, -0.2) is 12.5 Å². The quantitative estimate of drug-likeness (QED) is 0.714. The largest absolute Gasteiger partial charge is 0.378 e. The predicted octanol–water partition coefficient (Wildman–Crippen LogP) is 5.03. The van der Waals surface area contributed by atoms with Crippen molar-refractivity contribution in [2.75, 3.05) is 11.9 Å². The number of benzene rings is 2. The molecule has 3 atom stereocenters. The van der Waals surface area contributed by atoms with Gasteiger partial charge in [-0.2, -0.15) is 0 Å². The van der Waals surface area contributed by atoms with Crippen molar-refractivity contribution in [2.45, 2.75) is 25.3 Å². The third-order valence-electron chi connectivity index (χ3n) is 5.19. The first-order valence-corrected chi connectivity index (χ1v) is 9.57. The Morgan fingerprint density at radius 3 is 2.80 bits per heavy atom. The van der Waals surface area contributed by atoms with Gasteiger partial charge in [0.25, 0.3) is 5.91 Å². The maximum Gasteiger partial charge on any atom is 0.251 e. The summed E-state index contributed by atoms with van der Waals surface area (Å²) in [6.45, 7) is 2.59. The Bertz CT molecular complexity index is 828. The number of rotatable bonds is 3. The summed E-state index contributed by atoms with van der Waals surface area (Å²) in [5, 5.41) is 6.60. The monoisotopic (exact) mass is 396 g/mol. The highest BCUT2D eigenvalue weighted by molar-refractivity contribution is 9.10. The minimum atomic E-state index is -0.00106. The molecule has 3 nitrogen and oxygen atoms in total. The lowest BCUT2D eigenvalue weighted by Gasteiger charge is -2.37. The Hall–Kier alpha value is -2.07. The molecule has 0 saturated carbocycles. The van der Waals surface area contributed by atoms with Crippen LogP contribution in [-0.2, 0) is 0 Å². The van der Waals surface area contributed by atoms with Crippen LogP contribution in [0.25, 0.3) is 0 Å². The first kappa shape index (κ1) is 16.4. The van der Waals surface area contributed by atoms with E-state index in [0.717, 1.165) is 22.1 Å². The molecule has 128 valence electrons. The van der Waals surface area contributed by atoms with Gasteiger partial charge in [-0.05, 0) is 60.7 Å². The molecule has 4 rings (SSSR count). The molecule has 2 aromatic carbocycles. The molecule has 0 fully saturated rings. The first-order valence-electron chi connectivity index (χ1n) is 8.78. The Labute approximate surface area is 156 Å². The number of fused-ring (bicyclic) bond motifs is 3. The number of halogens is 1. The van der Waals surface area contributed by atoms with E-state index in [1.807, 2.05) is 19.1 Å². The van der Waals surface area contributed by atoms with Crippen LogP contribution >= 0.6 is 15.9 Å². The van der Waals surface area contributed by atoms with Crippen molar-refractivity contribution in [1.29, 1.82) is 0 Å². The normalized spacial score (nSPS) is 23.5. The van der Waals surface area contributed by atoms with Gasteiger partial charge in [0.1, 0.15) is 0 Å². The Morgan fingerprint density at radius 2 is 2.04 bits per heavy atom. The molecule has 4 heteroatoms. The molecule has 1 heterocycles. The fourth-order valence-corrected chi connectivity index (χ4v) is 4.26. The maximum absolute atomic E-state index is 12.2. The van der Waals surface area contributed by atoms with Gasteiger partial charge in [-0.1, -0.05) is 40.2 Å². The summed E-state index contributed by atoms with van der Waals surface area (Å²) < 4.78 is 1.10. The van der Waals surface area contributed by atoms with E-state index in [-0.39, 0.29) is 11.9 Å². The standard InChI is InChI=1S/C21H21BrN2O/c1-2-23-21(25)14-8-11-19-18(12-14)16-4-3-5-17(16)20(24-19)13-6-9-15(22)10-7-13/h3-4,6-12,16-17,20,24H,2,5H2,1H3,(H,23,25). The minimum Gasteiger partial charge on any atom is -0.378 e. The Balaban J connectivity index is 1.71. The zero-order valence-corrected chi connectivity index (χ0v) is 15.7. The van der Waals surface area contributed by atoms with Crippen LogP contribution in [0.3, 0.4) is 0 Å². The third-order valence-corrected chi connectivity index (χ3v) is 5.72. The summed E-state index contributed by atoms with van der Waals surface area (Å²) in [6, 6.07) is 14.9. The number of allylic oxidation sites excluding steroid dienone is 2. The van der Waals surface area contributed by atoms with Crippen molar-refractivity contribution in [3.63, 3.8) is 0 Å². The number of amides is 1. The zero-order chi connectivity index (χ0) is 17.4. The van der Waals surface area contributed by atoms with Gasteiger partial charge in [0, 0.05) is 28.2 Å². The summed E-state index contributed by atoms with van der Waals surface area (Å²) in [4.78, 5) is 12.2. The molecule has 0 aromatic heterocycles. The van der Waals surface area contributed by atoms with E-state index in [1.165, 1.54) is 11.1 Å². The molecule has 1 aliphatic carbocycles. The van der Waals surface area contributed by atoms with Crippen LogP contribution in [0.1, 0.15) is 46.8 Å². The fraction of sp³-hybridized carbons (Fsp3) is 0.286. The molecule has 0 saturated heterocycles. The number of nitrogens with one attached hydrogen (secondary N) is 2. The molecule has 0 bridgehead atoms. The predicted molar refractivity (Wildman–Crippen MR) is 105 cm³/mol. The van der Waals surface area contributed by atoms with E-state index in [9.17, 15) is 4.79 Å². The number of carbonyl (C=O) groups is 1. The van der Waals surface area contributed by atoms with E-state index < -0.39 is 0 Å². The highest BCUT2D eigenvalue weighted by Gasteiger charge is 2.38. The lowest BCUT2D eigenvalue weighted by atomic mass is 9.76. The highest BCUT2D eigenvalue weighted by Crippen LogP contribution is 2.49. The van der Waals surface area contributed by atoms with Gasteiger partial charge < -0.3 is 10.6 Å². The SMILES string of the molecule is CCNC(=O)c1ccc2c(c1)C1C=CCC1C(c1ccc(Br)cc1)N2. The van der Waals surface area contributed by atoms with Gasteiger partial charge in [-0.3, -0.25) is 4.79 Å². The second-order valence-electron chi connectivity index (χ2n) is 6.69. The van der Waals surface area contributed by atoms with Gasteiger partial charge in [0.15, 0.2) is 0 Å². The second kappa shape index (κ2) is 6.68. The highest BCUT2D eigenvalue weighted by atomic mass is 79.9. The van der Waals surface area contributed by atoms with Crippen LogP contribution in [0.4, 0.5) is 5.69 Å². The molecule has 2 aliphatic rings. The lowest BCUT2D eigenvalue weighted by molar-refractivity contribution is 0.0955. The number of carbonyl (C=O) groups excluding carboxylic acids is 1. The van der Waals surface area contributed by atoms with Crippen molar-refractivity contribution < 1.29 is 4.79 Å². The summed E-state index contributed by atoms with van der Waals surface area (Å²) in [5.41, 5.74) is 4.41. The van der Waals surface area contributed by atoms with Gasteiger partial charge >= 0.3 is 0 Å². The molecule has 2 aromatic rings. The van der Waals surface area contributed by atoms with E-state index in [1.54, 1.807) is 0 Å². The van der Waals surface area contributed by atoms with E-state index >= 15 is 0 Å². The fourth-order valence-electron chi connectivity index (χ4n) is 4.00. The van der Waals surface area contributed by atoms with E-state index in [0.29, 0.717) is 18.4 Å². The van der Waals surface area contributed by atoms with Crippen molar-refractivity contribution in [3.8, 4) is 0 Å². The molecule has 0 radical (unpaired) electrons. The summed E-state index contributed by atoms with van der Waals surface area (Å²) in [7, 11) is 0. The van der Waals surface area contributed by atoms with E-state index in [4.69, 9.17) is 0 Å². The third kappa shape index (κ3) is 2.99. The van der Waals surface area contributed by atoms with Crippen molar-refractivity contribution in [1.82, 2.24) is 5.32 Å². The summed E-state index contributed by atoms with van der Waals surface area (Å²) in [5.74, 6) is 0.844. The van der Waals surface area contributed by atoms with Crippen LogP contribution in [0.5, 0.6) is 0 Å². The second-order valence-corrected chi connectivity index (χ2v) is 7.60. The minimum absolute atomic E-state index is 0.00106. The lowest BCUT2D eigenvalue weighted by Crippen LogP contribution is -2.30. The van der Waals surface area contributed by atoms with Crippen molar-refractivity contribution in [2.24, 2.45) is 5.92 Å². The van der Waals surface area contributed by atoms with Crippen LogP contribution in [0.2, 0.25) is 0 Å². The molecule has 0 spiro atoms. The van der Waals surface area contributed by atoms with Crippen LogP contribution < -0.4 is 10.6 Å². The zero-order valence-electron chi connectivity index (χ0n) is 14.1.